The minimum atomic E-state index is -2.52. The predicted molar refractivity (Wildman–Crippen MR) is 39.9 cm³/mol. The quantitative estimate of drug-likeness (QED) is 0.624. The van der Waals surface area contributed by atoms with E-state index in [1.807, 2.05) is 6.92 Å². The molecule has 1 heterocycles. The van der Waals surface area contributed by atoms with Crippen LogP contribution in [0.15, 0.2) is 0 Å². The van der Waals surface area contributed by atoms with Crippen LogP contribution in [0.2, 0.25) is 0 Å². The molecule has 1 fully saturated rings. The summed E-state index contributed by atoms with van der Waals surface area (Å²) in [4.78, 5) is 0. The van der Waals surface area contributed by atoms with E-state index in [9.17, 15) is 8.78 Å². The maximum atomic E-state index is 12.7. The minimum Gasteiger partial charge on any atom is -0.313 e. The first kappa shape index (κ1) is 8.87. The van der Waals surface area contributed by atoms with Gasteiger partial charge in [0.2, 0.25) is 0 Å². The molecule has 1 aliphatic heterocycles. The van der Waals surface area contributed by atoms with E-state index < -0.39 is 5.92 Å². The lowest BCUT2D eigenvalue weighted by molar-refractivity contribution is -0.0308. The fourth-order valence-corrected chi connectivity index (χ4v) is 1.37. The molecule has 2 nitrogen and oxygen atoms in total. The molecule has 0 aliphatic carbocycles. The summed E-state index contributed by atoms with van der Waals surface area (Å²) in [6.07, 6.45) is -0.0339. The molecule has 0 aromatic carbocycles. The van der Waals surface area contributed by atoms with Crippen molar-refractivity contribution >= 4 is 0 Å². The molecule has 0 aromatic rings. The Morgan fingerprint density at radius 2 is 2.36 bits per heavy atom. The smallest absolute Gasteiger partial charge is 0.261 e. The number of piperidine rings is 1. The summed E-state index contributed by atoms with van der Waals surface area (Å²) < 4.78 is 25.4. The van der Waals surface area contributed by atoms with Crippen LogP contribution in [0, 0.1) is 0 Å². The fraction of sp³-hybridized carbons (Fsp3) is 1.00. The van der Waals surface area contributed by atoms with Crippen molar-refractivity contribution in [2.45, 2.75) is 25.3 Å². The van der Waals surface area contributed by atoms with Gasteiger partial charge in [-0.15, -0.1) is 0 Å². The van der Waals surface area contributed by atoms with Gasteiger partial charge in [-0.1, -0.05) is 6.92 Å². The van der Waals surface area contributed by atoms with E-state index in [1.165, 1.54) is 0 Å². The van der Waals surface area contributed by atoms with E-state index in [2.05, 4.69) is 10.6 Å². The summed E-state index contributed by atoms with van der Waals surface area (Å²) in [6.45, 7) is 3.16. The molecule has 0 spiro atoms. The van der Waals surface area contributed by atoms with Gasteiger partial charge in [0, 0.05) is 19.0 Å². The average Bonchev–Trinajstić information content (AvgIpc) is 1.85. The van der Waals surface area contributed by atoms with Crippen LogP contribution in [0.4, 0.5) is 8.78 Å². The summed E-state index contributed by atoms with van der Waals surface area (Å²) >= 11 is 0. The molecule has 0 amide bonds. The van der Waals surface area contributed by atoms with Crippen molar-refractivity contribution in [1.29, 1.82) is 0 Å². The molecular weight excluding hydrogens is 150 g/mol. The Kier molecular flexibility index (Phi) is 2.78. The van der Waals surface area contributed by atoms with Gasteiger partial charge in [0.05, 0.1) is 6.54 Å². The molecule has 1 saturated heterocycles. The maximum absolute atomic E-state index is 12.7. The minimum absolute atomic E-state index is 0.0339. The van der Waals surface area contributed by atoms with Gasteiger partial charge in [-0.3, -0.25) is 0 Å². The predicted octanol–water partition coefficient (Wildman–Crippen LogP) is 0.593. The number of hydrogen-bond donors (Lipinski definition) is 2. The van der Waals surface area contributed by atoms with Gasteiger partial charge in [-0.2, -0.15) is 0 Å². The Hall–Kier alpha value is -0.220. The number of rotatable bonds is 2. The summed E-state index contributed by atoms with van der Waals surface area (Å²) in [5.74, 6) is -2.52. The maximum Gasteiger partial charge on any atom is 0.261 e. The highest BCUT2D eigenvalue weighted by Crippen LogP contribution is 2.21. The molecule has 0 radical (unpaired) electrons. The molecule has 1 atom stereocenters. The van der Waals surface area contributed by atoms with E-state index in [0.29, 0.717) is 6.54 Å². The van der Waals surface area contributed by atoms with E-state index in [0.717, 1.165) is 6.54 Å². The van der Waals surface area contributed by atoms with Crippen LogP contribution in [0.5, 0.6) is 0 Å². The molecule has 11 heavy (non-hydrogen) atoms. The van der Waals surface area contributed by atoms with Crippen LogP contribution in [0.1, 0.15) is 13.3 Å². The molecule has 0 aromatic heterocycles. The highest BCUT2D eigenvalue weighted by atomic mass is 19.3. The van der Waals surface area contributed by atoms with Crippen molar-refractivity contribution < 1.29 is 8.78 Å². The molecule has 0 unspecified atom stereocenters. The third kappa shape index (κ3) is 2.71. The van der Waals surface area contributed by atoms with Crippen molar-refractivity contribution in [2.75, 3.05) is 19.6 Å². The highest BCUT2D eigenvalue weighted by Gasteiger charge is 2.35. The van der Waals surface area contributed by atoms with Gasteiger partial charge in [-0.25, -0.2) is 8.78 Å². The van der Waals surface area contributed by atoms with Gasteiger partial charge in [0.25, 0.3) is 5.92 Å². The monoisotopic (exact) mass is 164 g/mol. The lowest BCUT2D eigenvalue weighted by Crippen LogP contribution is -2.51. The van der Waals surface area contributed by atoms with Crippen LogP contribution < -0.4 is 10.6 Å². The SMILES string of the molecule is CCN[C@H]1CNCC(F)(F)C1. The summed E-state index contributed by atoms with van der Waals surface area (Å²) in [5, 5.41) is 5.69. The van der Waals surface area contributed by atoms with Crippen LogP contribution in [-0.2, 0) is 0 Å². The molecule has 0 bridgehead atoms. The second kappa shape index (κ2) is 3.45. The Morgan fingerprint density at radius 1 is 1.64 bits per heavy atom. The zero-order chi connectivity index (χ0) is 8.32. The van der Waals surface area contributed by atoms with Crippen molar-refractivity contribution in [3.8, 4) is 0 Å². The first-order valence-corrected chi connectivity index (χ1v) is 3.96. The molecule has 66 valence electrons. The molecule has 1 rings (SSSR count). The summed E-state index contributed by atoms with van der Waals surface area (Å²) in [6, 6.07) is -0.0660. The second-order valence-corrected chi connectivity index (χ2v) is 2.95. The number of likely N-dealkylation sites (N-methyl/N-ethyl adjacent to an activating group) is 1. The summed E-state index contributed by atoms with van der Waals surface area (Å²) in [7, 11) is 0. The molecular formula is C7H14F2N2. The van der Waals surface area contributed by atoms with Gasteiger partial charge in [0.15, 0.2) is 0 Å². The van der Waals surface area contributed by atoms with Crippen LogP contribution in [0.25, 0.3) is 0 Å². The first-order chi connectivity index (χ1) is 5.14. The normalized spacial score (nSPS) is 30.3. The van der Waals surface area contributed by atoms with E-state index >= 15 is 0 Å². The van der Waals surface area contributed by atoms with Crippen molar-refractivity contribution in [2.24, 2.45) is 0 Å². The van der Waals surface area contributed by atoms with Crippen molar-refractivity contribution in [3.05, 3.63) is 0 Å². The lowest BCUT2D eigenvalue weighted by Gasteiger charge is -2.30. The Bertz CT molecular complexity index is 126. The zero-order valence-electron chi connectivity index (χ0n) is 6.66. The van der Waals surface area contributed by atoms with Crippen LogP contribution >= 0.6 is 0 Å². The Balaban J connectivity index is 2.34. The third-order valence-electron chi connectivity index (χ3n) is 1.81. The lowest BCUT2D eigenvalue weighted by atomic mass is 10.0. The standard InChI is InChI=1S/C7H14F2N2/c1-2-11-6-3-7(8,9)5-10-4-6/h6,10-11H,2-5H2,1H3/t6-/m1/s1. The summed E-state index contributed by atoms with van der Waals surface area (Å²) in [5.41, 5.74) is 0. The van der Waals surface area contributed by atoms with Crippen molar-refractivity contribution in [3.63, 3.8) is 0 Å². The molecule has 4 heteroatoms. The van der Waals surface area contributed by atoms with Crippen LogP contribution in [-0.4, -0.2) is 31.6 Å². The molecule has 0 saturated carbocycles. The zero-order valence-corrected chi connectivity index (χ0v) is 6.66. The highest BCUT2D eigenvalue weighted by molar-refractivity contribution is 4.85. The second-order valence-electron chi connectivity index (χ2n) is 2.95. The van der Waals surface area contributed by atoms with Gasteiger partial charge in [0.1, 0.15) is 0 Å². The number of halogens is 2. The number of nitrogens with one attached hydrogen (secondary N) is 2. The topological polar surface area (TPSA) is 24.1 Å². The van der Waals surface area contributed by atoms with E-state index in [4.69, 9.17) is 0 Å². The van der Waals surface area contributed by atoms with Gasteiger partial charge < -0.3 is 10.6 Å². The average molecular weight is 164 g/mol. The third-order valence-corrected chi connectivity index (χ3v) is 1.81. The van der Waals surface area contributed by atoms with E-state index in [-0.39, 0.29) is 19.0 Å². The van der Waals surface area contributed by atoms with Crippen LogP contribution in [0.3, 0.4) is 0 Å². The largest absolute Gasteiger partial charge is 0.313 e. The fourth-order valence-electron chi connectivity index (χ4n) is 1.37. The number of alkyl halides is 2. The molecule has 2 N–H and O–H groups in total. The Morgan fingerprint density at radius 3 is 2.91 bits per heavy atom. The number of hydrogen-bond acceptors (Lipinski definition) is 2. The molecule has 1 aliphatic rings. The first-order valence-electron chi connectivity index (χ1n) is 3.96. The van der Waals surface area contributed by atoms with Crippen molar-refractivity contribution in [1.82, 2.24) is 10.6 Å². The van der Waals surface area contributed by atoms with Gasteiger partial charge in [-0.05, 0) is 6.54 Å². The van der Waals surface area contributed by atoms with Gasteiger partial charge >= 0.3 is 0 Å². The van der Waals surface area contributed by atoms with E-state index in [1.54, 1.807) is 0 Å². The Labute approximate surface area is 65.4 Å².